The van der Waals surface area contributed by atoms with Crippen LogP contribution >= 0.6 is 0 Å². The molecule has 1 aromatic rings. The summed E-state index contributed by atoms with van der Waals surface area (Å²) in [7, 11) is 0. The van der Waals surface area contributed by atoms with Gasteiger partial charge in [-0.1, -0.05) is 0 Å². The SMILES string of the molecule is NCCC(O)C(O)c1c(F)c(F)c(F)c(F)c1F. The van der Waals surface area contributed by atoms with Crippen LogP contribution in [0.2, 0.25) is 0 Å². The highest BCUT2D eigenvalue weighted by Crippen LogP contribution is 2.29. The van der Waals surface area contributed by atoms with Gasteiger partial charge in [0.15, 0.2) is 23.3 Å². The number of hydrogen-bond acceptors (Lipinski definition) is 3. The number of halogens is 5. The highest BCUT2D eigenvalue weighted by Gasteiger charge is 2.32. The third-order valence-corrected chi connectivity index (χ3v) is 2.37. The van der Waals surface area contributed by atoms with Crippen molar-refractivity contribution in [1.29, 1.82) is 0 Å². The first-order valence-corrected chi connectivity index (χ1v) is 4.90. The second kappa shape index (κ2) is 5.59. The maximum absolute atomic E-state index is 13.2. The lowest BCUT2D eigenvalue weighted by Gasteiger charge is -2.19. The molecule has 0 aliphatic heterocycles. The molecule has 18 heavy (non-hydrogen) atoms. The highest BCUT2D eigenvalue weighted by molar-refractivity contribution is 5.26. The molecule has 0 heterocycles. The molecular weight excluding hydrogens is 261 g/mol. The molecule has 8 heteroatoms. The maximum Gasteiger partial charge on any atom is 0.200 e. The molecule has 0 aliphatic rings. The van der Waals surface area contributed by atoms with Gasteiger partial charge >= 0.3 is 0 Å². The minimum Gasteiger partial charge on any atom is -0.390 e. The average Bonchev–Trinajstić information content (AvgIpc) is 2.34. The fourth-order valence-corrected chi connectivity index (χ4v) is 1.40. The molecule has 0 radical (unpaired) electrons. The maximum atomic E-state index is 13.2. The Morgan fingerprint density at radius 2 is 1.22 bits per heavy atom. The van der Waals surface area contributed by atoms with Crippen molar-refractivity contribution in [3.63, 3.8) is 0 Å². The molecule has 2 atom stereocenters. The van der Waals surface area contributed by atoms with Crippen molar-refractivity contribution in [2.45, 2.75) is 18.6 Å². The number of benzene rings is 1. The summed E-state index contributed by atoms with van der Waals surface area (Å²) in [4.78, 5) is 0. The van der Waals surface area contributed by atoms with Gasteiger partial charge in [-0.25, -0.2) is 22.0 Å². The Morgan fingerprint density at radius 1 is 0.833 bits per heavy atom. The fourth-order valence-electron chi connectivity index (χ4n) is 1.40. The van der Waals surface area contributed by atoms with E-state index in [0.717, 1.165) is 0 Å². The normalized spacial score (nSPS) is 14.7. The van der Waals surface area contributed by atoms with Crippen LogP contribution in [0.1, 0.15) is 18.1 Å². The van der Waals surface area contributed by atoms with E-state index in [1.807, 2.05) is 0 Å². The number of hydrogen-bond donors (Lipinski definition) is 3. The van der Waals surface area contributed by atoms with Gasteiger partial charge in [-0.3, -0.25) is 0 Å². The van der Waals surface area contributed by atoms with Gasteiger partial charge in [-0.15, -0.1) is 0 Å². The molecule has 2 unspecified atom stereocenters. The van der Waals surface area contributed by atoms with Crippen molar-refractivity contribution in [1.82, 2.24) is 0 Å². The molecule has 0 saturated heterocycles. The third-order valence-electron chi connectivity index (χ3n) is 2.37. The molecule has 0 fully saturated rings. The Balaban J connectivity index is 3.32. The van der Waals surface area contributed by atoms with Gasteiger partial charge < -0.3 is 15.9 Å². The molecule has 0 bridgehead atoms. The van der Waals surface area contributed by atoms with Gasteiger partial charge in [0.2, 0.25) is 5.82 Å². The van der Waals surface area contributed by atoms with E-state index in [4.69, 9.17) is 5.73 Å². The minimum absolute atomic E-state index is 0.131. The molecule has 0 aromatic heterocycles. The van der Waals surface area contributed by atoms with Crippen LogP contribution in [0.4, 0.5) is 22.0 Å². The quantitative estimate of drug-likeness (QED) is 0.437. The van der Waals surface area contributed by atoms with Gasteiger partial charge in [0, 0.05) is 0 Å². The van der Waals surface area contributed by atoms with Crippen molar-refractivity contribution in [3.8, 4) is 0 Å². The summed E-state index contributed by atoms with van der Waals surface area (Å²) < 4.78 is 64.8. The lowest BCUT2D eigenvalue weighted by atomic mass is 10.00. The van der Waals surface area contributed by atoms with Crippen LogP contribution < -0.4 is 5.73 Å². The molecule has 0 spiro atoms. The van der Waals surface area contributed by atoms with Crippen molar-refractivity contribution in [2.75, 3.05) is 6.54 Å². The minimum atomic E-state index is -2.32. The van der Waals surface area contributed by atoms with Gasteiger partial charge in [-0.05, 0) is 13.0 Å². The van der Waals surface area contributed by atoms with E-state index < -0.39 is 46.9 Å². The van der Waals surface area contributed by atoms with E-state index in [0.29, 0.717) is 0 Å². The Hall–Kier alpha value is -1.25. The zero-order valence-electron chi connectivity index (χ0n) is 8.93. The summed E-state index contributed by atoms with van der Waals surface area (Å²) >= 11 is 0. The molecule has 3 nitrogen and oxygen atoms in total. The van der Waals surface area contributed by atoms with E-state index in [-0.39, 0.29) is 13.0 Å². The Labute approximate surface area is 98.6 Å². The van der Waals surface area contributed by atoms with Gasteiger partial charge in [-0.2, -0.15) is 0 Å². The van der Waals surface area contributed by atoms with Crippen LogP contribution in [-0.2, 0) is 0 Å². The van der Waals surface area contributed by atoms with Crippen molar-refractivity contribution in [3.05, 3.63) is 34.6 Å². The lowest BCUT2D eigenvalue weighted by molar-refractivity contribution is 0.00968. The highest BCUT2D eigenvalue weighted by atomic mass is 19.2. The molecular formula is C10H10F5NO2. The van der Waals surface area contributed by atoms with E-state index in [1.165, 1.54) is 0 Å². The van der Waals surface area contributed by atoms with E-state index in [1.54, 1.807) is 0 Å². The second-order valence-electron chi connectivity index (χ2n) is 3.57. The summed E-state index contributed by atoms with van der Waals surface area (Å²) in [5.74, 6) is -11.0. The molecule has 102 valence electrons. The number of nitrogens with two attached hydrogens (primary N) is 1. The van der Waals surface area contributed by atoms with Crippen LogP contribution in [0.15, 0.2) is 0 Å². The second-order valence-corrected chi connectivity index (χ2v) is 3.57. The molecule has 1 aromatic carbocycles. The fraction of sp³-hybridized carbons (Fsp3) is 0.400. The molecule has 0 aliphatic carbocycles. The zero-order chi connectivity index (χ0) is 14.0. The molecule has 4 N–H and O–H groups in total. The summed E-state index contributed by atoms with van der Waals surface area (Å²) in [6.45, 7) is -0.131. The van der Waals surface area contributed by atoms with E-state index in [2.05, 4.69) is 0 Å². The number of aliphatic hydroxyl groups excluding tert-OH is 2. The Bertz CT molecular complexity index is 425. The summed E-state index contributed by atoms with van der Waals surface area (Å²) in [5.41, 5.74) is 3.57. The average molecular weight is 271 g/mol. The van der Waals surface area contributed by atoms with Crippen LogP contribution in [0, 0.1) is 29.1 Å². The summed E-state index contributed by atoms with van der Waals surface area (Å²) in [6, 6.07) is 0. The first kappa shape index (κ1) is 14.8. The lowest BCUT2D eigenvalue weighted by Crippen LogP contribution is -2.25. The largest absolute Gasteiger partial charge is 0.390 e. The van der Waals surface area contributed by atoms with Crippen molar-refractivity contribution in [2.24, 2.45) is 5.73 Å². The van der Waals surface area contributed by atoms with Gasteiger partial charge in [0.1, 0.15) is 6.10 Å². The molecule has 1 rings (SSSR count). The van der Waals surface area contributed by atoms with Crippen LogP contribution in [-0.4, -0.2) is 22.9 Å². The summed E-state index contributed by atoms with van der Waals surface area (Å²) in [5, 5.41) is 18.6. The molecule has 0 saturated carbocycles. The van der Waals surface area contributed by atoms with Crippen LogP contribution in [0.25, 0.3) is 0 Å². The monoisotopic (exact) mass is 271 g/mol. The van der Waals surface area contributed by atoms with Crippen LogP contribution in [0.5, 0.6) is 0 Å². The van der Waals surface area contributed by atoms with E-state index >= 15 is 0 Å². The smallest absolute Gasteiger partial charge is 0.200 e. The standard InChI is InChI=1S/C10H10F5NO2/c11-5-4(10(18)3(17)1-2-16)6(12)8(14)9(15)7(5)13/h3,10,17-18H,1-2,16H2. The zero-order valence-corrected chi connectivity index (χ0v) is 8.93. The first-order valence-electron chi connectivity index (χ1n) is 4.90. The van der Waals surface area contributed by atoms with E-state index in [9.17, 15) is 32.2 Å². The number of aliphatic hydroxyl groups is 2. The predicted molar refractivity (Wildman–Crippen MR) is 50.9 cm³/mol. The predicted octanol–water partition coefficient (Wildman–Crippen LogP) is 1.13. The van der Waals surface area contributed by atoms with Gasteiger partial charge in [0.05, 0.1) is 11.7 Å². The van der Waals surface area contributed by atoms with Gasteiger partial charge in [0.25, 0.3) is 0 Å². The Morgan fingerprint density at radius 3 is 1.61 bits per heavy atom. The first-order chi connectivity index (χ1) is 8.32. The van der Waals surface area contributed by atoms with Crippen LogP contribution in [0.3, 0.4) is 0 Å². The molecule has 0 amide bonds. The Kier molecular flexibility index (Phi) is 4.60. The number of rotatable bonds is 4. The van der Waals surface area contributed by atoms with Crippen molar-refractivity contribution < 1.29 is 32.2 Å². The topological polar surface area (TPSA) is 66.5 Å². The summed E-state index contributed by atoms with van der Waals surface area (Å²) in [6.07, 6.45) is -4.25. The van der Waals surface area contributed by atoms with Crippen molar-refractivity contribution >= 4 is 0 Å². The third kappa shape index (κ3) is 2.45.